The van der Waals surface area contributed by atoms with Crippen LogP contribution in [0.3, 0.4) is 0 Å². The van der Waals surface area contributed by atoms with E-state index in [-0.39, 0.29) is 17.8 Å². The normalized spacial score (nSPS) is 18.2. The Morgan fingerprint density at radius 1 is 1.15 bits per heavy atom. The molecule has 1 aromatic rings. The van der Waals surface area contributed by atoms with Gasteiger partial charge in [0.1, 0.15) is 5.54 Å². The van der Waals surface area contributed by atoms with Gasteiger partial charge in [-0.15, -0.1) is 0 Å². The molecule has 0 radical (unpaired) electrons. The second-order valence-electron chi connectivity index (χ2n) is 7.51. The summed E-state index contributed by atoms with van der Waals surface area (Å²) in [6.07, 6.45) is 6.17. The molecule has 1 heterocycles. The topological polar surface area (TPSA) is 69.7 Å². The van der Waals surface area contributed by atoms with Gasteiger partial charge < -0.3 is 10.2 Å². The van der Waals surface area contributed by atoms with Crippen LogP contribution in [0.2, 0.25) is 0 Å². The highest BCUT2D eigenvalue weighted by atomic mass is 16.2. The third-order valence-electron chi connectivity index (χ3n) is 5.58. The number of benzene rings is 1. The van der Waals surface area contributed by atoms with E-state index in [2.05, 4.69) is 12.2 Å². The number of unbranched alkanes of at least 4 members (excludes halogenated alkanes) is 1. The van der Waals surface area contributed by atoms with Crippen LogP contribution in [0.25, 0.3) is 0 Å². The highest BCUT2D eigenvalue weighted by Gasteiger charge is 2.52. The molecule has 6 nitrogen and oxygen atoms in total. The molecular weight excluding hydrogens is 342 g/mol. The van der Waals surface area contributed by atoms with E-state index in [9.17, 15) is 14.4 Å². The zero-order chi connectivity index (χ0) is 19.3. The third-order valence-corrected chi connectivity index (χ3v) is 5.58. The number of nitrogens with zero attached hydrogens (tertiary/aromatic N) is 2. The van der Waals surface area contributed by atoms with Crippen LogP contribution in [0.15, 0.2) is 30.3 Å². The molecule has 0 atom stereocenters. The number of anilines is 1. The third kappa shape index (κ3) is 4.15. The summed E-state index contributed by atoms with van der Waals surface area (Å²) in [4.78, 5) is 40.8. The molecular formula is C21H29N3O3. The molecule has 1 aliphatic heterocycles. The maximum atomic E-state index is 12.8. The lowest BCUT2D eigenvalue weighted by Crippen LogP contribution is -2.44. The predicted octanol–water partition coefficient (Wildman–Crippen LogP) is 3.46. The van der Waals surface area contributed by atoms with Crippen LogP contribution >= 0.6 is 0 Å². The summed E-state index contributed by atoms with van der Waals surface area (Å²) >= 11 is 0. The van der Waals surface area contributed by atoms with Crippen molar-refractivity contribution in [1.29, 1.82) is 0 Å². The van der Waals surface area contributed by atoms with E-state index in [1.807, 2.05) is 35.2 Å². The first-order valence-corrected chi connectivity index (χ1v) is 10.1. The maximum Gasteiger partial charge on any atom is 0.325 e. The summed E-state index contributed by atoms with van der Waals surface area (Å²) in [6, 6.07) is 9.36. The van der Waals surface area contributed by atoms with Crippen LogP contribution < -0.4 is 10.2 Å². The summed E-state index contributed by atoms with van der Waals surface area (Å²) < 4.78 is 0. The quantitative estimate of drug-likeness (QED) is 0.712. The fraction of sp³-hybridized carbons (Fsp3) is 0.571. The van der Waals surface area contributed by atoms with Crippen LogP contribution in [-0.4, -0.2) is 41.4 Å². The number of rotatable bonds is 8. The molecule has 2 aliphatic rings. The highest BCUT2D eigenvalue weighted by molar-refractivity contribution is 6.07. The minimum absolute atomic E-state index is 0.0392. The van der Waals surface area contributed by atoms with Crippen molar-refractivity contribution >= 4 is 23.5 Å². The first-order chi connectivity index (χ1) is 13.1. The van der Waals surface area contributed by atoms with Crippen LogP contribution in [0.1, 0.15) is 58.3 Å². The maximum absolute atomic E-state index is 12.8. The van der Waals surface area contributed by atoms with Crippen molar-refractivity contribution in [3.63, 3.8) is 0 Å². The first-order valence-electron chi connectivity index (χ1n) is 10.1. The van der Waals surface area contributed by atoms with E-state index in [0.29, 0.717) is 25.9 Å². The number of carbonyl (C=O) groups is 3. The minimum Gasteiger partial charge on any atom is -0.323 e. The first kappa shape index (κ1) is 19.4. The fourth-order valence-corrected chi connectivity index (χ4v) is 4.04. The van der Waals surface area contributed by atoms with E-state index in [1.54, 1.807) is 0 Å². The molecule has 0 unspecified atom stereocenters. The molecule has 1 aliphatic carbocycles. The Morgan fingerprint density at radius 3 is 2.52 bits per heavy atom. The molecule has 4 amide bonds. The standard InChI is InChI=1S/C21H29N3O3/c1-2-3-15-23(17-10-5-4-6-11-17)18(25)12-9-16-24-19(26)21(22-20(24)27)13-7-8-14-21/h4-6,10-11H,2-3,7-9,12-16H2,1H3,(H,22,27). The van der Waals surface area contributed by atoms with E-state index < -0.39 is 5.54 Å². The number of hydrogen-bond acceptors (Lipinski definition) is 3. The molecule has 146 valence electrons. The van der Waals surface area contributed by atoms with Crippen molar-refractivity contribution < 1.29 is 14.4 Å². The molecule has 1 spiro atoms. The Kier molecular flexibility index (Phi) is 6.14. The van der Waals surface area contributed by atoms with Crippen molar-refractivity contribution in [2.45, 2.75) is 63.8 Å². The molecule has 27 heavy (non-hydrogen) atoms. The lowest BCUT2D eigenvalue weighted by molar-refractivity contribution is -0.131. The van der Waals surface area contributed by atoms with Crippen LogP contribution in [0.5, 0.6) is 0 Å². The van der Waals surface area contributed by atoms with Gasteiger partial charge in [0.25, 0.3) is 5.91 Å². The molecule has 2 fully saturated rings. The van der Waals surface area contributed by atoms with Crippen molar-refractivity contribution in [3.05, 3.63) is 30.3 Å². The fourth-order valence-electron chi connectivity index (χ4n) is 4.04. The summed E-state index contributed by atoms with van der Waals surface area (Å²) in [5, 5.41) is 2.89. The Balaban J connectivity index is 1.56. The van der Waals surface area contributed by atoms with Crippen molar-refractivity contribution in [3.8, 4) is 0 Å². The number of nitrogens with one attached hydrogen (secondary N) is 1. The summed E-state index contributed by atoms with van der Waals surface area (Å²) in [5.41, 5.74) is 0.231. The van der Waals surface area contributed by atoms with Gasteiger partial charge in [0, 0.05) is 25.2 Å². The molecule has 1 saturated carbocycles. The number of amides is 4. The van der Waals surface area contributed by atoms with Crippen molar-refractivity contribution in [2.24, 2.45) is 0 Å². The molecule has 0 bridgehead atoms. The van der Waals surface area contributed by atoms with Gasteiger partial charge in [-0.1, -0.05) is 44.4 Å². The van der Waals surface area contributed by atoms with E-state index in [0.717, 1.165) is 44.2 Å². The number of urea groups is 1. The van der Waals surface area contributed by atoms with Crippen molar-refractivity contribution in [2.75, 3.05) is 18.0 Å². The molecule has 1 N–H and O–H groups in total. The van der Waals surface area contributed by atoms with E-state index >= 15 is 0 Å². The predicted molar refractivity (Wildman–Crippen MR) is 104 cm³/mol. The highest BCUT2D eigenvalue weighted by Crippen LogP contribution is 2.35. The number of imide groups is 1. The summed E-state index contributed by atoms with van der Waals surface area (Å²) in [7, 11) is 0. The SMILES string of the molecule is CCCCN(C(=O)CCCN1C(=O)NC2(CCCC2)C1=O)c1ccccc1. The summed E-state index contributed by atoms with van der Waals surface area (Å²) in [6.45, 7) is 3.09. The average Bonchev–Trinajstić information content (AvgIpc) is 3.23. The Bertz CT molecular complexity index is 683. The van der Waals surface area contributed by atoms with Gasteiger partial charge in [-0.25, -0.2) is 4.79 Å². The lowest BCUT2D eigenvalue weighted by Gasteiger charge is -2.23. The molecule has 1 aromatic carbocycles. The van der Waals surface area contributed by atoms with Gasteiger partial charge in [0.2, 0.25) is 5.91 Å². The van der Waals surface area contributed by atoms with Crippen LogP contribution in [0.4, 0.5) is 10.5 Å². The average molecular weight is 371 g/mol. The lowest BCUT2D eigenvalue weighted by atomic mass is 9.98. The zero-order valence-electron chi connectivity index (χ0n) is 16.1. The van der Waals surface area contributed by atoms with Gasteiger partial charge in [-0.05, 0) is 37.8 Å². The molecule has 6 heteroatoms. The van der Waals surface area contributed by atoms with Crippen LogP contribution in [-0.2, 0) is 9.59 Å². The Hall–Kier alpha value is -2.37. The van der Waals surface area contributed by atoms with Crippen LogP contribution in [0, 0.1) is 0 Å². The second-order valence-corrected chi connectivity index (χ2v) is 7.51. The van der Waals surface area contributed by atoms with Gasteiger partial charge in [0.15, 0.2) is 0 Å². The van der Waals surface area contributed by atoms with Gasteiger partial charge in [-0.2, -0.15) is 0 Å². The Labute approximate surface area is 160 Å². The number of para-hydroxylation sites is 1. The van der Waals surface area contributed by atoms with Gasteiger partial charge in [0.05, 0.1) is 0 Å². The molecule has 0 aromatic heterocycles. The minimum atomic E-state index is -0.668. The summed E-state index contributed by atoms with van der Waals surface area (Å²) in [5.74, 6) is -0.0689. The monoisotopic (exact) mass is 371 g/mol. The number of carbonyl (C=O) groups excluding carboxylic acids is 3. The second kappa shape index (κ2) is 8.55. The largest absolute Gasteiger partial charge is 0.325 e. The zero-order valence-corrected chi connectivity index (χ0v) is 16.1. The molecule has 3 rings (SSSR count). The molecule has 1 saturated heterocycles. The van der Waals surface area contributed by atoms with E-state index in [4.69, 9.17) is 0 Å². The van der Waals surface area contributed by atoms with E-state index in [1.165, 1.54) is 4.90 Å². The number of hydrogen-bond donors (Lipinski definition) is 1. The van der Waals surface area contributed by atoms with Crippen molar-refractivity contribution in [1.82, 2.24) is 10.2 Å². The van der Waals surface area contributed by atoms with Gasteiger partial charge >= 0.3 is 6.03 Å². The Morgan fingerprint density at radius 2 is 1.85 bits per heavy atom. The smallest absolute Gasteiger partial charge is 0.323 e. The van der Waals surface area contributed by atoms with Gasteiger partial charge in [-0.3, -0.25) is 14.5 Å².